The van der Waals surface area contributed by atoms with Gasteiger partial charge >= 0.3 is 0 Å². The van der Waals surface area contributed by atoms with Crippen LogP contribution < -0.4 is 9.62 Å². The Morgan fingerprint density at radius 1 is 1.20 bits per heavy atom. The van der Waals surface area contributed by atoms with Gasteiger partial charge in [-0.3, -0.25) is 0 Å². The lowest BCUT2D eigenvalue weighted by atomic mass is 10.4. The molecule has 0 spiro atoms. The van der Waals surface area contributed by atoms with E-state index in [-0.39, 0.29) is 16.5 Å². The van der Waals surface area contributed by atoms with Gasteiger partial charge in [0.15, 0.2) is 0 Å². The third-order valence-electron chi connectivity index (χ3n) is 3.62. The van der Waals surface area contributed by atoms with E-state index in [0.717, 1.165) is 0 Å². The Morgan fingerprint density at radius 2 is 1.96 bits per heavy atom. The molecule has 1 aliphatic rings. The molecule has 2 heterocycles. The fourth-order valence-electron chi connectivity index (χ4n) is 2.33. The highest BCUT2D eigenvalue weighted by atomic mass is 35.5. The summed E-state index contributed by atoms with van der Waals surface area (Å²) in [5.74, 6) is 0.556. The van der Waals surface area contributed by atoms with E-state index < -0.39 is 10.0 Å². The van der Waals surface area contributed by atoms with Crippen LogP contribution in [0, 0.1) is 0 Å². The minimum atomic E-state index is -3.81. The van der Waals surface area contributed by atoms with Gasteiger partial charge < -0.3 is 9.64 Å². The van der Waals surface area contributed by atoms with Crippen molar-refractivity contribution in [3.63, 3.8) is 0 Å². The first kappa shape index (κ1) is 18.3. The van der Waals surface area contributed by atoms with Crippen LogP contribution in [0.1, 0.15) is 5.69 Å². The van der Waals surface area contributed by atoms with Crippen LogP contribution in [-0.4, -0.2) is 44.7 Å². The minimum absolute atomic E-state index is 0.0189. The van der Waals surface area contributed by atoms with E-state index in [4.69, 9.17) is 27.9 Å². The number of aromatic nitrogens is 2. The van der Waals surface area contributed by atoms with E-state index in [2.05, 4.69) is 14.7 Å². The molecule has 0 atom stereocenters. The molecule has 0 unspecified atom stereocenters. The van der Waals surface area contributed by atoms with Gasteiger partial charge in [0, 0.05) is 24.3 Å². The molecule has 1 saturated heterocycles. The predicted molar refractivity (Wildman–Crippen MR) is 95.6 cm³/mol. The lowest BCUT2D eigenvalue weighted by molar-refractivity contribution is 0.122. The number of anilines is 1. The number of morpholine rings is 1. The number of rotatable bonds is 5. The van der Waals surface area contributed by atoms with Crippen LogP contribution in [0.25, 0.3) is 0 Å². The highest BCUT2D eigenvalue weighted by Crippen LogP contribution is 2.25. The summed E-state index contributed by atoms with van der Waals surface area (Å²) in [5, 5.41) is 0.398. The number of nitrogens with zero attached hydrogens (tertiary/aromatic N) is 3. The van der Waals surface area contributed by atoms with Crippen LogP contribution in [0.15, 0.2) is 35.4 Å². The molecule has 7 nitrogen and oxygen atoms in total. The number of nitrogens with one attached hydrogen (secondary N) is 1. The lowest BCUT2D eigenvalue weighted by Crippen LogP contribution is -2.37. The van der Waals surface area contributed by atoms with E-state index >= 15 is 0 Å². The molecule has 0 amide bonds. The number of benzene rings is 1. The van der Waals surface area contributed by atoms with Crippen molar-refractivity contribution in [2.45, 2.75) is 11.4 Å². The first-order valence-corrected chi connectivity index (χ1v) is 9.79. The Bertz CT molecular complexity index is 858. The van der Waals surface area contributed by atoms with Crippen molar-refractivity contribution in [2.24, 2.45) is 0 Å². The first-order valence-electron chi connectivity index (χ1n) is 7.55. The molecule has 0 aliphatic carbocycles. The molecule has 1 fully saturated rings. The summed E-state index contributed by atoms with van der Waals surface area (Å²) < 4.78 is 32.7. The summed E-state index contributed by atoms with van der Waals surface area (Å²) >= 11 is 11.8. The number of halogens is 2. The summed E-state index contributed by atoms with van der Waals surface area (Å²) in [6.45, 7) is 2.66. The number of hydrogen-bond donors (Lipinski definition) is 1. The molecule has 2 aromatic rings. The van der Waals surface area contributed by atoms with E-state index in [9.17, 15) is 8.42 Å². The highest BCUT2D eigenvalue weighted by Gasteiger charge is 2.19. The third kappa shape index (κ3) is 4.59. The highest BCUT2D eigenvalue weighted by molar-refractivity contribution is 7.89. The fraction of sp³-hybridized carbons (Fsp3) is 0.333. The SMILES string of the molecule is O=S(=O)(NCc1ccnc(N2CCOCC2)n1)c1cc(Cl)ccc1Cl. The van der Waals surface area contributed by atoms with Crippen molar-refractivity contribution in [3.05, 3.63) is 46.2 Å². The molecule has 1 aromatic heterocycles. The average molecular weight is 403 g/mol. The Balaban J connectivity index is 1.73. The van der Waals surface area contributed by atoms with Gasteiger partial charge in [-0.15, -0.1) is 0 Å². The van der Waals surface area contributed by atoms with Gasteiger partial charge in [0.25, 0.3) is 0 Å². The third-order valence-corrected chi connectivity index (χ3v) is 5.74. The molecule has 3 rings (SSSR count). The van der Waals surface area contributed by atoms with Gasteiger partial charge in [-0.25, -0.2) is 23.1 Å². The van der Waals surface area contributed by atoms with Gasteiger partial charge in [-0.1, -0.05) is 23.2 Å². The molecule has 25 heavy (non-hydrogen) atoms. The lowest BCUT2D eigenvalue weighted by Gasteiger charge is -2.26. The molecule has 1 aromatic carbocycles. The average Bonchev–Trinajstić information content (AvgIpc) is 2.63. The summed E-state index contributed by atoms with van der Waals surface area (Å²) in [5.41, 5.74) is 0.554. The van der Waals surface area contributed by atoms with E-state index in [0.29, 0.717) is 43.0 Å². The van der Waals surface area contributed by atoms with Gasteiger partial charge in [0.1, 0.15) is 4.90 Å². The molecular formula is C15H16Cl2N4O3S. The van der Waals surface area contributed by atoms with Crippen molar-refractivity contribution in [2.75, 3.05) is 31.2 Å². The van der Waals surface area contributed by atoms with E-state index in [1.165, 1.54) is 18.2 Å². The molecular weight excluding hydrogens is 387 g/mol. The smallest absolute Gasteiger partial charge is 0.242 e. The van der Waals surface area contributed by atoms with Gasteiger partial charge in [0.05, 0.1) is 30.5 Å². The van der Waals surface area contributed by atoms with E-state index in [1.54, 1.807) is 12.3 Å². The second-order valence-corrected chi connectivity index (χ2v) is 7.93. The maximum absolute atomic E-state index is 12.4. The monoisotopic (exact) mass is 402 g/mol. The topological polar surface area (TPSA) is 84.4 Å². The molecule has 0 bridgehead atoms. The Hall–Kier alpha value is -1.45. The van der Waals surface area contributed by atoms with Crippen molar-refractivity contribution in [1.82, 2.24) is 14.7 Å². The number of sulfonamides is 1. The van der Waals surface area contributed by atoms with Crippen LogP contribution >= 0.6 is 23.2 Å². The maximum atomic E-state index is 12.4. The summed E-state index contributed by atoms with van der Waals surface area (Å²) in [4.78, 5) is 10.6. The zero-order valence-corrected chi connectivity index (χ0v) is 15.5. The van der Waals surface area contributed by atoms with Crippen LogP contribution in [0.3, 0.4) is 0 Å². The van der Waals surface area contributed by atoms with Crippen LogP contribution in [0.2, 0.25) is 10.0 Å². The van der Waals surface area contributed by atoms with Crippen molar-refractivity contribution in [3.8, 4) is 0 Å². The zero-order valence-electron chi connectivity index (χ0n) is 13.2. The van der Waals surface area contributed by atoms with Crippen LogP contribution in [-0.2, 0) is 21.3 Å². The Morgan fingerprint density at radius 3 is 2.72 bits per heavy atom. The van der Waals surface area contributed by atoms with Gasteiger partial charge in [-0.2, -0.15) is 0 Å². The Labute approximate surface area is 156 Å². The van der Waals surface area contributed by atoms with Crippen LogP contribution in [0.5, 0.6) is 0 Å². The number of ether oxygens (including phenoxy) is 1. The molecule has 0 saturated carbocycles. The second-order valence-electron chi connectivity index (χ2n) is 5.35. The fourth-order valence-corrected chi connectivity index (χ4v) is 4.09. The van der Waals surface area contributed by atoms with Gasteiger partial charge in [0.2, 0.25) is 16.0 Å². The Kier molecular flexibility index (Phi) is 5.75. The normalized spacial score (nSPS) is 15.4. The molecule has 1 aliphatic heterocycles. The standard InChI is InChI=1S/C15H16Cl2N4O3S/c16-11-1-2-13(17)14(9-11)25(22,23)19-10-12-3-4-18-15(20-12)21-5-7-24-8-6-21/h1-4,9,19H,5-8,10H2. The quantitative estimate of drug-likeness (QED) is 0.823. The summed E-state index contributed by atoms with van der Waals surface area (Å²) in [7, 11) is -3.81. The van der Waals surface area contributed by atoms with Gasteiger partial charge in [-0.05, 0) is 24.3 Å². The van der Waals surface area contributed by atoms with E-state index in [1.807, 2.05) is 4.90 Å². The van der Waals surface area contributed by atoms with Crippen molar-refractivity contribution < 1.29 is 13.2 Å². The maximum Gasteiger partial charge on any atom is 0.242 e. The first-order chi connectivity index (χ1) is 12.0. The molecule has 0 radical (unpaired) electrons. The van der Waals surface area contributed by atoms with Crippen molar-refractivity contribution >= 4 is 39.2 Å². The second kappa shape index (κ2) is 7.84. The minimum Gasteiger partial charge on any atom is -0.378 e. The summed E-state index contributed by atoms with van der Waals surface area (Å²) in [6, 6.07) is 5.94. The zero-order chi connectivity index (χ0) is 17.9. The predicted octanol–water partition coefficient (Wildman–Crippen LogP) is 2.10. The summed E-state index contributed by atoms with van der Waals surface area (Å²) in [6.07, 6.45) is 1.60. The van der Waals surface area contributed by atoms with Crippen molar-refractivity contribution in [1.29, 1.82) is 0 Å². The van der Waals surface area contributed by atoms with Crippen LogP contribution in [0.4, 0.5) is 5.95 Å². The largest absolute Gasteiger partial charge is 0.378 e. The molecule has 134 valence electrons. The molecule has 1 N–H and O–H groups in total. The molecule has 10 heteroatoms. The number of hydrogen-bond acceptors (Lipinski definition) is 6.